The Bertz CT molecular complexity index is 297. The zero-order chi connectivity index (χ0) is 11.6. The molecule has 0 aromatic heterocycles. The lowest BCUT2D eigenvalue weighted by atomic mass is 9.75. The predicted molar refractivity (Wildman–Crippen MR) is 68.4 cm³/mol. The molecule has 1 heteroatoms. The first-order chi connectivity index (χ1) is 7.33. The van der Waals surface area contributed by atoms with E-state index < -0.39 is 0 Å². The number of fused-ring (bicyclic) bond motifs is 1. The molecule has 0 N–H and O–H groups in total. The summed E-state index contributed by atoms with van der Waals surface area (Å²) < 4.78 is 0. The van der Waals surface area contributed by atoms with Crippen LogP contribution in [0.1, 0.15) is 59.8 Å². The monoisotopic (exact) mass is 221 g/mol. The lowest BCUT2D eigenvalue weighted by Gasteiger charge is -2.38. The Morgan fingerprint density at radius 2 is 1.94 bits per heavy atom. The van der Waals surface area contributed by atoms with Crippen LogP contribution in [0.3, 0.4) is 0 Å². The minimum absolute atomic E-state index is 0.489. The molecule has 3 fully saturated rings. The molecule has 1 spiro atoms. The van der Waals surface area contributed by atoms with Gasteiger partial charge in [0.2, 0.25) is 0 Å². The van der Waals surface area contributed by atoms with Crippen molar-refractivity contribution in [1.82, 2.24) is 4.90 Å². The number of hydrogen-bond donors (Lipinski definition) is 0. The minimum atomic E-state index is 0.489. The average molecular weight is 221 g/mol. The van der Waals surface area contributed by atoms with Crippen molar-refractivity contribution < 1.29 is 0 Å². The van der Waals surface area contributed by atoms with E-state index in [4.69, 9.17) is 0 Å². The molecular weight excluding hydrogens is 194 g/mol. The van der Waals surface area contributed by atoms with Gasteiger partial charge in [0.25, 0.3) is 0 Å². The van der Waals surface area contributed by atoms with E-state index in [1.807, 2.05) is 0 Å². The SMILES string of the molecule is CC1CN2CC3(CC3)CC2(CC(C)(C)C)C1. The fourth-order valence-electron chi connectivity index (χ4n) is 4.73. The standard InChI is InChI=1S/C15H27N/c1-12-7-15(9-13(2,3)4)10-14(5-6-14)11-16(15)8-12/h12H,5-11H2,1-4H3. The first-order valence-electron chi connectivity index (χ1n) is 7.08. The first kappa shape index (κ1) is 11.1. The quantitative estimate of drug-likeness (QED) is 0.653. The van der Waals surface area contributed by atoms with E-state index in [2.05, 4.69) is 32.6 Å². The summed E-state index contributed by atoms with van der Waals surface area (Å²) in [6.45, 7) is 12.5. The van der Waals surface area contributed by atoms with Crippen LogP contribution >= 0.6 is 0 Å². The van der Waals surface area contributed by atoms with E-state index in [0.29, 0.717) is 11.0 Å². The van der Waals surface area contributed by atoms with E-state index >= 15 is 0 Å². The van der Waals surface area contributed by atoms with Gasteiger partial charge >= 0.3 is 0 Å². The molecule has 0 amide bonds. The maximum absolute atomic E-state index is 2.87. The highest BCUT2D eigenvalue weighted by molar-refractivity contribution is 5.15. The highest BCUT2D eigenvalue weighted by atomic mass is 15.3. The van der Waals surface area contributed by atoms with Crippen molar-refractivity contribution in [3.05, 3.63) is 0 Å². The summed E-state index contributed by atoms with van der Waals surface area (Å²) in [5.74, 6) is 0.929. The van der Waals surface area contributed by atoms with Crippen LogP contribution in [0.5, 0.6) is 0 Å². The van der Waals surface area contributed by atoms with Crippen molar-refractivity contribution in [1.29, 1.82) is 0 Å². The van der Waals surface area contributed by atoms with Gasteiger partial charge in [0.15, 0.2) is 0 Å². The zero-order valence-electron chi connectivity index (χ0n) is 11.5. The summed E-state index contributed by atoms with van der Waals surface area (Å²) in [7, 11) is 0. The van der Waals surface area contributed by atoms with Crippen LogP contribution in [0, 0.1) is 16.7 Å². The summed E-state index contributed by atoms with van der Waals surface area (Å²) in [4.78, 5) is 2.87. The van der Waals surface area contributed by atoms with Crippen LogP contribution in [-0.4, -0.2) is 23.5 Å². The third kappa shape index (κ3) is 1.72. The molecule has 0 bridgehead atoms. The molecule has 92 valence electrons. The van der Waals surface area contributed by atoms with Gasteiger partial charge in [-0.2, -0.15) is 0 Å². The summed E-state index contributed by atoms with van der Waals surface area (Å²) >= 11 is 0. The molecule has 3 aliphatic rings. The second-order valence-electron chi connectivity index (χ2n) is 8.33. The van der Waals surface area contributed by atoms with E-state index in [1.165, 1.54) is 45.2 Å². The number of hydrogen-bond acceptors (Lipinski definition) is 1. The highest BCUT2D eigenvalue weighted by Crippen LogP contribution is 2.63. The van der Waals surface area contributed by atoms with E-state index in [1.54, 1.807) is 0 Å². The van der Waals surface area contributed by atoms with Gasteiger partial charge in [-0.3, -0.25) is 4.90 Å². The van der Waals surface area contributed by atoms with Gasteiger partial charge in [-0.1, -0.05) is 27.7 Å². The van der Waals surface area contributed by atoms with Crippen LogP contribution in [0.2, 0.25) is 0 Å². The van der Waals surface area contributed by atoms with E-state index in [0.717, 1.165) is 11.3 Å². The Morgan fingerprint density at radius 1 is 1.25 bits per heavy atom. The lowest BCUT2D eigenvalue weighted by molar-refractivity contribution is 0.129. The molecule has 2 heterocycles. The van der Waals surface area contributed by atoms with Crippen molar-refractivity contribution in [2.75, 3.05) is 13.1 Å². The van der Waals surface area contributed by atoms with E-state index in [9.17, 15) is 0 Å². The summed E-state index contributed by atoms with van der Waals surface area (Å²) in [6.07, 6.45) is 7.42. The molecule has 2 aliphatic heterocycles. The van der Waals surface area contributed by atoms with Gasteiger partial charge in [0.1, 0.15) is 0 Å². The molecule has 16 heavy (non-hydrogen) atoms. The molecule has 2 atom stereocenters. The Hall–Kier alpha value is -0.0400. The fourth-order valence-corrected chi connectivity index (χ4v) is 4.73. The second kappa shape index (κ2) is 3.04. The highest BCUT2D eigenvalue weighted by Gasteiger charge is 2.61. The lowest BCUT2D eigenvalue weighted by Crippen LogP contribution is -2.41. The van der Waals surface area contributed by atoms with Crippen LogP contribution in [0.4, 0.5) is 0 Å². The van der Waals surface area contributed by atoms with Crippen LogP contribution in [-0.2, 0) is 0 Å². The van der Waals surface area contributed by atoms with Crippen molar-refractivity contribution >= 4 is 0 Å². The smallest absolute Gasteiger partial charge is 0.0223 e. The van der Waals surface area contributed by atoms with Crippen LogP contribution in [0.15, 0.2) is 0 Å². The minimum Gasteiger partial charge on any atom is -0.297 e. The van der Waals surface area contributed by atoms with Crippen LogP contribution < -0.4 is 0 Å². The molecule has 2 saturated heterocycles. The van der Waals surface area contributed by atoms with Crippen molar-refractivity contribution in [3.8, 4) is 0 Å². The second-order valence-corrected chi connectivity index (χ2v) is 8.33. The molecule has 1 aliphatic carbocycles. The normalized spacial score (nSPS) is 41.6. The van der Waals surface area contributed by atoms with Gasteiger partial charge in [0, 0.05) is 18.6 Å². The Kier molecular flexibility index (Phi) is 2.11. The van der Waals surface area contributed by atoms with Crippen molar-refractivity contribution in [2.24, 2.45) is 16.7 Å². The largest absolute Gasteiger partial charge is 0.297 e. The summed E-state index contributed by atoms with van der Waals surface area (Å²) in [5.41, 5.74) is 1.86. The van der Waals surface area contributed by atoms with Gasteiger partial charge in [0.05, 0.1) is 0 Å². The number of rotatable bonds is 1. The zero-order valence-corrected chi connectivity index (χ0v) is 11.5. The van der Waals surface area contributed by atoms with Gasteiger partial charge in [-0.05, 0) is 48.9 Å². The molecule has 3 rings (SSSR count). The molecule has 0 aromatic rings. The van der Waals surface area contributed by atoms with E-state index in [-0.39, 0.29) is 0 Å². The van der Waals surface area contributed by atoms with Crippen molar-refractivity contribution in [2.45, 2.75) is 65.3 Å². The fraction of sp³-hybridized carbons (Fsp3) is 1.00. The maximum atomic E-state index is 2.87. The summed E-state index contributed by atoms with van der Waals surface area (Å²) in [5, 5.41) is 0. The Morgan fingerprint density at radius 3 is 2.50 bits per heavy atom. The van der Waals surface area contributed by atoms with Gasteiger partial charge < -0.3 is 0 Å². The summed E-state index contributed by atoms with van der Waals surface area (Å²) in [6, 6.07) is 0. The van der Waals surface area contributed by atoms with Gasteiger partial charge in [-0.15, -0.1) is 0 Å². The Balaban J connectivity index is 1.84. The molecular formula is C15H27N. The van der Waals surface area contributed by atoms with Gasteiger partial charge in [-0.25, -0.2) is 0 Å². The average Bonchev–Trinajstić information content (AvgIpc) is 2.64. The van der Waals surface area contributed by atoms with Crippen LogP contribution in [0.25, 0.3) is 0 Å². The Labute approximate surface area is 101 Å². The third-order valence-corrected chi connectivity index (χ3v) is 4.98. The molecule has 0 radical (unpaired) electrons. The third-order valence-electron chi connectivity index (χ3n) is 4.98. The molecule has 1 nitrogen and oxygen atoms in total. The molecule has 1 saturated carbocycles. The first-order valence-corrected chi connectivity index (χ1v) is 7.08. The van der Waals surface area contributed by atoms with Crippen molar-refractivity contribution in [3.63, 3.8) is 0 Å². The molecule has 0 aromatic carbocycles. The predicted octanol–water partition coefficient (Wildman–Crippen LogP) is 3.69. The number of nitrogens with zero attached hydrogens (tertiary/aromatic N) is 1. The molecule has 2 unspecified atom stereocenters. The topological polar surface area (TPSA) is 3.24 Å². The maximum Gasteiger partial charge on any atom is 0.0223 e.